The predicted molar refractivity (Wildman–Crippen MR) is 93.1 cm³/mol. The lowest BCUT2D eigenvalue weighted by Gasteiger charge is -2.05. The molecule has 0 amide bonds. The molecule has 0 saturated heterocycles. The van der Waals surface area contributed by atoms with Crippen LogP contribution in [0.15, 0.2) is 28.5 Å². The molecule has 0 fully saturated rings. The van der Waals surface area contributed by atoms with Crippen LogP contribution >= 0.6 is 23.1 Å². The molecule has 23 heavy (non-hydrogen) atoms. The Bertz CT molecular complexity index is 760. The van der Waals surface area contributed by atoms with Crippen LogP contribution in [-0.2, 0) is 4.74 Å². The first-order valence-corrected chi connectivity index (χ1v) is 8.87. The first-order valence-electron chi connectivity index (χ1n) is 7.18. The number of aromatic hydroxyl groups is 1. The highest BCUT2D eigenvalue weighted by molar-refractivity contribution is 8.01. The number of nitriles is 1. The van der Waals surface area contributed by atoms with E-state index in [1.165, 1.54) is 11.3 Å². The van der Waals surface area contributed by atoms with Crippen LogP contribution in [0.2, 0.25) is 0 Å². The monoisotopic (exact) mass is 347 g/mol. The highest BCUT2D eigenvalue weighted by Crippen LogP contribution is 2.43. The summed E-state index contributed by atoms with van der Waals surface area (Å²) in [4.78, 5) is 12.7. The topological polar surface area (TPSA) is 70.3 Å². The summed E-state index contributed by atoms with van der Waals surface area (Å²) in [6.45, 7) is 6.08. The molecule has 0 saturated carbocycles. The number of thioether (sulfide) groups is 1. The van der Waals surface area contributed by atoms with E-state index in [2.05, 4.69) is 6.07 Å². The summed E-state index contributed by atoms with van der Waals surface area (Å²) < 4.78 is 5.92. The highest BCUT2D eigenvalue weighted by Gasteiger charge is 2.25. The number of hydrogen-bond donors (Lipinski definition) is 1. The number of carbonyl (C=O) groups excluding carboxylic acids is 1. The Labute approximate surface area is 143 Å². The Hall–Kier alpha value is -1.97. The fourth-order valence-corrected chi connectivity index (χ4v) is 4.70. The van der Waals surface area contributed by atoms with Crippen molar-refractivity contribution in [3.05, 3.63) is 34.7 Å². The normalized spacial score (nSPS) is 10.6. The van der Waals surface area contributed by atoms with Gasteiger partial charge in [-0.2, -0.15) is 5.26 Å². The quantitative estimate of drug-likeness (QED) is 0.629. The summed E-state index contributed by atoms with van der Waals surface area (Å²) >= 11 is 2.82. The molecule has 0 spiro atoms. The zero-order chi connectivity index (χ0) is 17.0. The molecule has 0 bridgehead atoms. The van der Waals surface area contributed by atoms with E-state index in [-0.39, 0.29) is 17.6 Å². The number of benzene rings is 1. The van der Waals surface area contributed by atoms with Crippen molar-refractivity contribution in [1.29, 1.82) is 5.26 Å². The van der Waals surface area contributed by atoms with Gasteiger partial charge in [0, 0.05) is 10.8 Å². The van der Waals surface area contributed by atoms with Crippen LogP contribution in [0, 0.1) is 11.3 Å². The van der Waals surface area contributed by atoms with Gasteiger partial charge in [0.05, 0.1) is 16.4 Å². The van der Waals surface area contributed by atoms with Crippen molar-refractivity contribution in [3.63, 3.8) is 0 Å². The van der Waals surface area contributed by atoms with Crippen LogP contribution in [0.3, 0.4) is 0 Å². The molecule has 0 unspecified atom stereocenters. The van der Waals surface area contributed by atoms with E-state index in [4.69, 9.17) is 4.74 Å². The van der Waals surface area contributed by atoms with E-state index in [0.29, 0.717) is 21.6 Å². The number of phenolic OH excluding ortho intramolecular Hbond substituents is 1. The number of thiophene rings is 1. The lowest BCUT2D eigenvalue weighted by Crippen LogP contribution is -2.04. The first-order chi connectivity index (χ1) is 11.0. The van der Waals surface area contributed by atoms with E-state index >= 15 is 0 Å². The van der Waals surface area contributed by atoms with Gasteiger partial charge in [0.2, 0.25) is 0 Å². The first kappa shape index (κ1) is 17.4. The van der Waals surface area contributed by atoms with Gasteiger partial charge >= 0.3 is 5.97 Å². The number of ether oxygens (including phenoxy) is 1. The third kappa shape index (κ3) is 3.87. The molecular formula is C17H17NO3S2. The zero-order valence-electron chi connectivity index (χ0n) is 13.1. The van der Waals surface area contributed by atoms with Crippen molar-refractivity contribution in [2.24, 2.45) is 0 Å². The maximum absolute atomic E-state index is 12.3. The summed E-state index contributed by atoms with van der Waals surface area (Å²) in [5.41, 5.74) is 1.63. The molecule has 1 aromatic heterocycles. The van der Waals surface area contributed by atoms with Gasteiger partial charge in [-0.05, 0) is 24.6 Å². The van der Waals surface area contributed by atoms with E-state index < -0.39 is 5.97 Å². The van der Waals surface area contributed by atoms with Crippen molar-refractivity contribution in [2.75, 3.05) is 6.61 Å². The third-order valence-corrected chi connectivity index (χ3v) is 5.32. The molecule has 2 aromatic rings. The van der Waals surface area contributed by atoms with Crippen LogP contribution < -0.4 is 0 Å². The SMILES string of the molecule is CCOC(=O)c1sc(SC(C)C)c(C#N)c1-c1cccc(O)c1. The van der Waals surface area contributed by atoms with Gasteiger partial charge in [-0.25, -0.2) is 4.79 Å². The van der Waals surface area contributed by atoms with E-state index in [9.17, 15) is 15.2 Å². The minimum absolute atomic E-state index is 0.0884. The van der Waals surface area contributed by atoms with Crippen LogP contribution in [0.4, 0.5) is 0 Å². The standard InChI is InChI=1S/C17H17NO3S2/c1-4-21-16(20)15-14(11-6-5-7-12(19)8-11)13(9-18)17(23-15)22-10(2)3/h5-8,10,19H,4H2,1-3H3. The third-order valence-electron chi connectivity index (χ3n) is 2.93. The maximum atomic E-state index is 12.3. The molecule has 120 valence electrons. The molecule has 1 N–H and O–H groups in total. The van der Waals surface area contributed by atoms with Crippen LogP contribution in [0.25, 0.3) is 11.1 Å². The van der Waals surface area contributed by atoms with Gasteiger partial charge in [0.1, 0.15) is 16.7 Å². The van der Waals surface area contributed by atoms with Crippen molar-refractivity contribution >= 4 is 29.1 Å². The molecule has 0 aliphatic rings. The smallest absolute Gasteiger partial charge is 0.349 e. The van der Waals surface area contributed by atoms with Gasteiger partial charge in [-0.3, -0.25) is 0 Å². The van der Waals surface area contributed by atoms with E-state index in [1.54, 1.807) is 43.0 Å². The van der Waals surface area contributed by atoms with Gasteiger partial charge in [0.15, 0.2) is 0 Å². The molecule has 1 aromatic carbocycles. The summed E-state index contributed by atoms with van der Waals surface area (Å²) in [5.74, 6) is -0.353. The van der Waals surface area contributed by atoms with Crippen molar-refractivity contribution in [3.8, 4) is 22.9 Å². The average Bonchev–Trinajstić information content (AvgIpc) is 2.85. The number of esters is 1. The predicted octanol–water partition coefficient (Wildman–Crippen LogP) is 4.67. The molecule has 0 aliphatic carbocycles. The Morgan fingerprint density at radius 1 is 1.48 bits per heavy atom. The van der Waals surface area contributed by atoms with Crippen molar-refractivity contribution in [2.45, 2.75) is 30.2 Å². The Morgan fingerprint density at radius 2 is 2.22 bits per heavy atom. The second kappa shape index (κ2) is 7.53. The zero-order valence-corrected chi connectivity index (χ0v) is 14.8. The second-order valence-corrected chi connectivity index (χ2v) is 7.88. The largest absolute Gasteiger partial charge is 0.508 e. The number of rotatable bonds is 5. The molecule has 0 aliphatic heterocycles. The Balaban J connectivity index is 2.67. The second-order valence-electron chi connectivity index (χ2n) is 5.02. The lowest BCUT2D eigenvalue weighted by molar-refractivity contribution is 0.0533. The summed E-state index contributed by atoms with van der Waals surface area (Å²) in [6, 6.07) is 8.77. The number of carbonyl (C=O) groups is 1. The fourth-order valence-electron chi connectivity index (χ4n) is 2.09. The summed E-state index contributed by atoms with van der Waals surface area (Å²) in [7, 11) is 0. The Kier molecular flexibility index (Phi) is 5.69. The van der Waals surface area contributed by atoms with Gasteiger partial charge in [0.25, 0.3) is 0 Å². The highest BCUT2D eigenvalue weighted by atomic mass is 32.2. The molecule has 2 rings (SSSR count). The number of nitrogens with zero attached hydrogens (tertiary/aromatic N) is 1. The van der Waals surface area contributed by atoms with E-state index in [1.807, 2.05) is 13.8 Å². The average molecular weight is 347 g/mol. The summed E-state index contributed by atoms with van der Waals surface area (Å²) in [5, 5.41) is 19.6. The summed E-state index contributed by atoms with van der Waals surface area (Å²) in [6.07, 6.45) is 0. The minimum atomic E-state index is -0.442. The van der Waals surface area contributed by atoms with Crippen LogP contribution in [0.5, 0.6) is 5.75 Å². The molecule has 1 heterocycles. The van der Waals surface area contributed by atoms with Gasteiger partial charge in [-0.15, -0.1) is 23.1 Å². The molecule has 4 nitrogen and oxygen atoms in total. The minimum Gasteiger partial charge on any atom is -0.508 e. The van der Waals surface area contributed by atoms with Gasteiger partial charge in [-0.1, -0.05) is 26.0 Å². The van der Waals surface area contributed by atoms with Crippen molar-refractivity contribution < 1.29 is 14.6 Å². The van der Waals surface area contributed by atoms with E-state index in [0.717, 1.165) is 4.21 Å². The van der Waals surface area contributed by atoms with Crippen molar-refractivity contribution in [1.82, 2.24) is 0 Å². The molecular weight excluding hydrogens is 330 g/mol. The van der Waals surface area contributed by atoms with Crippen LogP contribution in [0.1, 0.15) is 36.0 Å². The van der Waals surface area contributed by atoms with Crippen LogP contribution in [-0.4, -0.2) is 22.9 Å². The molecule has 0 radical (unpaired) electrons. The fraction of sp³-hybridized carbons (Fsp3) is 0.294. The molecule has 6 heteroatoms. The molecule has 0 atom stereocenters. The lowest BCUT2D eigenvalue weighted by atomic mass is 10.0. The maximum Gasteiger partial charge on any atom is 0.349 e. The van der Waals surface area contributed by atoms with Gasteiger partial charge < -0.3 is 9.84 Å². The Morgan fingerprint density at radius 3 is 2.78 bits per heavy atom. The number of phenols is 1. The number of hydrogen-bond acceptors (Lipinski definition) is 6.